The molecule has 0 aromatic heterocycles. The zero-order chi connectivity index (χ0) is 53.6. The maximum Gasteiger partial charge on any atom is 0.306 e. The summed E-state index contributed by atoms with van der Waals surface area (Å²) in [4.78, 5) is 38.3. The number of ether oxygens (including phenoxy) is 3. The molecule has 6 nitrogen and oxygen atoms in total. The Balaban J connectivity index is 4.34. The number of allylic oxidation sites excluding steroid dienone is 10. The van der Waals surface area contributed by atoms with Crippen molar-refractivity contribution in [1.29, 1.82) is 0 Å². The first-order valence-corrected chi connectivity index (χ1v) is 32.3. The summed E-state index contributed by atoms with van der Waals surface area (Å²) in [5, 5.41) is 0. The Labute approximate surface area is 460 Å². The summed E-state index contributed by atoms with van der Waals surface area (Å²) in [6, 6.07) is 0. The normalized spacial score (nSPS) is 12.4. The molecule has 0 aliphatic rings. The van der Waals surface area contributed by atoms with Crippen LogP contribution < -0.4 is 0 Å². The number of hydrogen-bond acceptors (Lipinski definition) is 6. The van der Waals surface area contributed by atoms with Gasteiger partial charge in [-0.1, -0.05) is 293 Å². The third kappa shape index (κ3) is 60.0. The Morgan fingerprint density at radius 1 is 0.284 bits per heavy atom. The van der Waals surface area contributed by atoms with Crippen molar-refractivity contribution < 1.29 is 28.6 Å². The number of rotatable bonds is 59. The van der Waals surface area contributed by atoms with Gasteiger partial charge in [0.15, 0.2) is 6.10 Å². The molecule has 1 unspecified atom stereocenters. The second-order valence-corrected chi connectivity index (χ2v) is 21.6. The van der Waals surface area contributed by atoms with E-state index >= 15 is 0 Å². The standard InChI is InChI=1S/C68H122O6/c1-4-7-10-13-16-19-22-25-28-30-32-33-34-36-37-40-43-46-49-52-55-58-61-67(70)73-64-65(63-72-66(69)60-57-54-51-48-45-42-39-27-24-21-18-15-12-9-6-3)74-68(71)62-59-56-53-50-47-44-41-38-35-31-29-26-23-20-17-14-11-8-5-2/h9,12,18,21,26-27,29,39,45,48,65H,4-8,10-11,13-17,19-20,22-25,28,30-38,40-44,46-47,49-64H2,1-3H3/b12-9-,21-18-,29-26-,39-27-,48-45-. The number of esters is 3. The van der Waals surface area contributed by atoms with Gasteiger partial charge in [-0.25, -0.2) is 0 Å². The first kappa shape index (κ1) is 71.1. The minimum Gasteiger partial charge on any atom is -0.462 e. The largest absolute Gasteiger partial charge is 0.462 e. The van der Waals surface area contributed by atoms with E-state index in [4.69, 9.17) is 14.2 Å². The van der Waals surface area contributed by atoms with E-state index in [-0.39, 0.29) is 31.1 Å². The molecule has 6 heteroatoms. The number of hydrogen-bond donors (Lipinski definition) is 0. The van der Waals surface area contributed by atoms with Crippen molar-refractivity contribution in [1.82, 2.24) is 0 Å². The van der Waals surface area contributed by atoms with E-state index in [0.717, 1.165) is 83.5 Å². The summed E-state index contributed by atoms with van der Waals surface area (Å²) in [5.41, 5.74) is 0. The van der Waals surface area contributed by atoms with E-state index in [0.29, 0.717) is 19.3 Å². The SMILES string of the molecule is CC/C=C\C/C=C\C/C=C\C/C=C\CCCCC(=O)OCC(COC(=O)CCCCCCCCCCCCCCCCCCCCCCCC)OC(=O)CCCCCCCCCCC/C=C\CCCCCCCC. The molecule has 0 saturated carbocycles. The van der Waals surface area contributed by atoms with Crippen LogP contribution in [0.3, 0.4) is 0 Å². The van der Waals surface area contributed by atoms with Gasteiger partial charge in [-0.3, -0.25) is 14.4 Å². The van der Waals surface area contributed by atoms with Crippen LogP contribution in [0.4, 0.5) is 0 Å². The van der Waals surface area contributed by atoms with Crippen LogP contribution in [0.25, 0.3) is 0 Å². The lowest BCUT2D eigenvalue weighted by molar-refractivity contribution is -0.167. The molecule has 74 heavy (non-hydrogen) atoms. The Kier molecular flexibility index (Phi) is 60.2. The van der Waals surface area contributed by atoms with E-state index in [9.17, 15) is 14.4 Å². The van der Waals surface area contributed by atoms with Crippen molar-refractivity contribution in [2.24, 2.45) is 0 Å². The van der Waals surface area contributed by atoms with Gasteiger partial charge in [0, 0.05) is 19.3 Å². The van der Waals surface area contributed by atoms with Gasteiger partial charge >= 0.3 is 17.9 Å². The van der Waals surface area contributed by atoms with E-state index in [1.54, 1.807) is 0 Å². The van der Waals surface area contributed by atoms with E-state index in [1.807, 2.05) is 0 Å². The number of unbranched alkanes of at least 4 members (excludes halogenated alkanes) is 38. The van der Waals surface area contributed by atoms with Crippen LogP contribution in [0.2, 0.25) is 0 Å². The fourth-order valence-corrected chi connectivity index (χ4v) is 9.43. The molecule has 0 radical (unpaired) electrons. The summed E-state index contributed by atoms with van der Waals surface area (Å²) in [6.45, 7) is 6.54. The smallest absolute Gasteiger partial charge is 0.306 e. The molecule has 0 bridgehead atoms. The summed E-state index contributed by atoms with van der Waals surface area (Å²) < 4.78 is 16.9. The molecule has 0 aliphatic carbocycles. The van der Waals surface area contributed by atoms with Crippen molar-refractivity contribution in [2.75, 3.05) is 13.2 Å². The molecule has 0 spiro atoms. The summed E-state index contributed by atoms with van der Waals surface area (Å²) in [5.74, 6) is -0.911. The van der Waals surface area contributed by atoms with Crippen molar-refractivity contribution in [2.45, 2.75) is 341 Å². The zero-order valence-corrected chi connectivity index (χ0v) is 49.4. The zero-order valence-electron chi connectivity index (χ0n) is 49.4. The summed E-state index contributed by atoms with van der Waals surface area (Å²) in [6.07, 6.45) is 79.5. The monoisotopic (exact) mass is 1030 g/mol. The third-order valence-electron chi connectivity index (χ3n) is 14.3. The highest BCUT2D eigenvalue weighted by atomic mass is 16.6. The molecule has 0 aromatic rings. The van der Waals surface area contributed by atoms with Crippen LogP contribution in [0, 0.1) is 0 Å². The maximum atomic E-state index is 12.9. The fraction of sp³-hybridized carbons (Fsp3) is 0.809. The van der Waals surface area contributed by atoms with Gasteiger partial charge in [0.2, 0.25) is 0 Å². The molecule has 0 rings (SSSR count). The molecular formula is C68H122O6. The number of carbonyl (C=O) groups excluding carboxylic acids is 3. The minimum atomic E-state index is -0.792. The lowest BCUT2D eigenvalue weighted by Gasteiger charge is -2.18. The van der Waals surface area contributed by atoms with Gasteiger partial charge in [-0.15, -0.1) is 0 Å². The maximum absolute atomic E-state index is 12.9. The lowest BCUT2D eigenvalue weighted by atomic mass is 10.0. The molecular weight excluding hydrogens is 913 g/mol. The van der Waals surface area contributed by atoms with E-state index in [1.165, 1.54) is 212 Å². The highest BCUT2D eigenvalue weighted by Gasteiger charge is 2.19. The predicted octanol–water partition coefficient (Wildman–Crippen LogP) is 21.9. The second-order valence-electron chi connectivity index (χ2n) is 21.6. The molecule has 0 aliphatic heterocycles. The molecule has 0 fully saturated rings. The van der Waals surface area contributed by atoms with Crippen molar-refractivity contribution in [3.63, 3.8) is 0 Å². The average Bonchev–Trinajstić information content (AvgIpc) is 3.40. The molecule has 0 amide bonds. The molecule has 0 heterocycles. The van der Waals surface area contributed by atoms with Crippen molar-refractivity contribution >= 4 is 17.9 Å². The van der Waals surface area contributed by atoms with Crippen LogP contribution in [-0.2, 0) is 28.6 Å². The predicted molar refractivity (Wildman–Crippen MR) is 321 cm³/mol. The van der Waals surface area contributed by atoms with Crippen LogP contribution in [0.5, 0.6) is 0 Å². The summed E-state index contributed by atoms with van der Waals surface area (Å²) in [7, 11) is 0. The highest BCUT2D eigenvalue weighted by molar-refractivity contribution is 5.71. The topological polar surface area (TPSA) is 78.9 Å². The fourth-order valence-electron chi connectivity index (χ4n) is 9.43. The van der Waals surface area contributed by atoms with Gasteiger partial charge < -0.3 is 14.2 Å². The van der Waals surface area contributed by atoms with Crippen LogP contribution in [0.1, 0.15) is 335 Å². The Morgan fingerprint density at radius 2 is 0.527 bits per heavy atom. The lowest BCUT2D eigenvalue weighted by Crippen LogP contribution is -2.30. The molecule has 1 atom stereocenters. The first-order chi connectivity index (χ1) is 36.5. The quantitative estimate of drug-likeness (QED) is 0.0261. The van der Waals surface area contributed by atoms with Crippen LogP contribution >= 0.6 is 0 Å². The summed E-state index contributed by atoms with van der Waals surface area (Å²) >= 11 is 0. The third-order valence-corrected chi connectivity index (χ3v) is 14.3. The van der Waals surface area contributed by atoms with E-state index < -0.39 is 6.10 Å². The van der Waals surface area contributed by atoms with Gasteiger partial charge in [-0.2, -0.15) is 0 Å². The first-order valence-electron chi connectivity index (χ1n) is 32.3. The Morgan fingerprint density at radius 3 is 0.865 bits per heavy atom. The van der Waals surface area contributed by atoms with Gasteiger partial charge in [0.1, 0.15) is 13.2 Å². The Hall–Kier alpha value is -2.89. The van der Waals surface area contributed by atoms with Gasteiger partial charge in [0.05, 0.1) is 0 Å². The van der Waals surface area contributed by atoms with Crippen LogP contribution in [0.15, 0.2) is 60.8 Å². The Bertz CT molecular complexity index is 1330. The molecule has 0 aromatic carbocycles. The van der Waals surface area contributed by atoms with Crippen LogP contribution in [-0.4, -0.2) is 37.2 Å². The minimum absolute atomic E-state index is 0.0848. The molecule has 0 saturated heterocycles. The molecule has 0 N–H and O–H groups in total. The van der Waals surface area contributed by atoms with Crippen molar-refractivity contribution in [3.8, 4) is 0 Å². The van der Waals surface area contributed by atoms with Gasteiger partial charge in [-0.05, 0) is 83.5 Å². The van der Waals surface area contributed by atoms with Crippen molar-refractivity contribution in [3.05, 3.63) is 60.8 Å². The van der Waals surface area contributed by atoms with Gasteiger partial charge in [0.25, 0.3) is 0 Å². The average molecular weight is 1040 g/mol. The highest BCUT2D eigenvalue weighted by Crippen LogP contribution is 2.17. The molecule has 430 valence electrons. The number of carbonyl (C=O) groups is 3. The van der Waals surface area contributed by atoms with E-state index in [2.05, 4.69) is 81.5 Å². The second kappa shape index (κ2) is 62.6.